The second-order valence-electron chi connectivity index (χ2n) is 4.07. The highest BCUT2D eigenvalue weighted by atomic mass is 32.2. The van der Waals surface area contributed by atoms with Crippen LogP contribution in [0.3, 0.4) is 0 Å². The van der Waals surface area contributed by atoms with Crippen molar-refractivity contribution in [3.05, 3.63) is 23.8 Å². The summed E-state index contributed by atoms with van der Waals surface area (Å²) in [6, 6.07) is 4.16. The van der Waals surface area contributed by atoms with E-state index in [0.29, 0.717) is 5.69 Å². The second-order valence-corrected chi connectivity index (χ2v) is 5.09. The fourth-order valence-corrected chi connectivity index (χ4v) is 2.39. The van der Waals surface area contributed by atoms with Crippen LogP contribution in [0.5, 0.6) is 0 Å². The van der Waals surface area contributed by atoms with E-state index >= 15 is 0 Å². The summed E-state index contributed by atoms with van der Waals surface area (Å²) in [5, 5.41) is 2.52. The van der Waals surface area contributed by atoms with Gasteiger partial charge in [-0.3, -0.25) is 14.4 Å². The summed E-state index contributed by atoms with van der Waals surface area (Å²) >= 11 is 1.27. The predicted molar refractivity (Wildman–Crippen MR) is 65.8 cm³/mol. The topological polar surface area (TPSA) is 63.2 Å². The van der Waals surface area contributed by atoms with Crippen molar-refractivity contribution in [1.29, 1.82) is 0 Å². The Balaban J connectivity index is 2.17. The van der Waals surface area contributed by atoms with Gasteiger partial charge < -0.3 is 5.32 Å². The van der Waals surface area contributed by atoms with Crippen molar-refractivity contribution < 1.29 is 27.6 Å². The van der Waals surface area contributed by atoms with E-state index in [9.17, 15) is 27.6 Å². The zero-order valence-corrected chi connectivity index (χ0v) is 10.7. The molecule has 0 aromatic heterocycles. The highest BCUT2D eigenvalue weighted by molar-refractivity contribution is 8.00. The van der Waals surface area contributed by atoms with Crippen LogP contribution in [0.25, 0.3) is 0 Å². The number of rotatable bonds is 3. The summed E-state index contributed by atoms with van der Waals surface area (Å²) in [6.45, 7) is 0. The summed E-state index contributed by atoms with van der Waals surface area (Å²) in [6.07, 6.45) is -6.25. The van der Waals surface area contributed by atoms with Gasteiger partial charge >= 0.3 is 6.18 Å². The first-order chi connectivity index (χ1) is 9.27. The number of carbonyl (C=O) groups is 3. The lowest BCUT2D eigenvalue weighted by Crippen LogP contribution is -2.25. The minimum atomic E-state index is -5.02. The van der Waals surface area contributed by atoms with E-state index in [-0.39, 0.29) is 17.2 Å². The van der Waals surface area contributed by atoms with Crippen molar-refractivity contribution >= 4 is 34.9 Å². The first-order valence-corrected chi connectivity index (χ1v) is 6.46. The predicted octanol–water partition coefficient (Wildman–Crippen LogP) is 2.43. The van der Waals surface area contributed by atoms with Crippen molar-refractivity contribution in [3.63, 3.8) is 0 Å². The fourth-order valence-electron chi connectivity index (χ4n) is 1.60. The molecule has 0 radical (unpaired) electrons. The van der Waals surface area contributed by atoms with Crippen LogP contribution in [0.2, 0.25) is 0 Å². The van der Waals surface area contributed by atoms with Crippen molar-refractivity contribution in [2.24, 2.45) is 0 Å². The molecule has 0 aliphatic carbocycles. The Morgan fingerprint density at radius 1 is 1.30 bits per heavy atom. The molecular weight excluding hydrogens is 295 g/mol. The van der Waals surface area contributed by atoms with Gasteiger partial charge in [0, 0.05) is 10.5 Å². The van der Waals surface area contributed by atoms with Gasteiger partial charge in [0.2, 0.25) is 11.7 Å². The molecule has 0 atom stereocenters. The molecule has 0 unspecified atom stereocenters. The molecule has 4 nitrogen and oxygen atoms in total. The van der Waals surface area contributed by atoms with Crippen LogP contribution in [-0.2, 0) is 9.59 Å². The Labute approximate surface area is 115 Å². The zero-order valence-electron chi connectivity index (χ0n) is 9.91. The molecule has 106 valence electrons. The fraction of sp³-hybridized carbons (Fsp3) is 0.250. The number of benzene rings is 1. The third-order valence-electron chi connectivity index (χ3n) is 2.57. The van der Waals surface area contributed by atoms with E-state index in [0.717, 1.165) is 4.90 Å². The van der Waals surface area contributed by atoms with E-state index in [1.165, 1.54) is 30.0 Å². The summed E-state index contributed by atoms with van der Waals surface area (Å²) < 4.78 is 36.3. The van der Waals surface area contributed by atoms with E-state index < -0.39 is 24.2 Å². The molecule has 0 spiro atoms. The normalized spacial score (nSPS) is 14.4. The maximum atomic E-state index is 12.1. The number of nitrogens with one attached hydrogen (secondary N) is 1. The lowest BCUT2D eigenvalue weighted by molar-refractivity contribution is -0.170. The molecule has 1 aliphatic rings. The third-order valence-corrected chi connectivity index (χ3v) is 3.65. The minimum absolute atomic E-state index is 0.0378. The maximum Gasteiger partial charge on any atom is 0.450 e. The zero-order chi connectivity index (χ0) is 14.9. The average molecular weight is 303 g/mol. The molecule has 0 fully saturated rings. The van der Waals surface area contributed by atoms with Gasteiger partial charge in [0.1, 0.15) is 0 Å². The molecule has 1 N–H and O–H groups in total. The molecule has 0 saturated carbocycles. The molecule has 0 bridgehead atoms. The largest absolute Gasteiger partial charge is 0.450 e. The SMILES string of the molecule is O=C1CSc2ccc(C(=O)CC(=O)C(F)(F)F)cc2N1. The van der Waals surface area contributed by atoms with Gasteiger partial charge in [-0.05, 0) is 12.1 Å². The van der Waals surface area contributed by atoms with E-state index in [2.05, 4.69) is 5.32 Å². The van der Waals surface area contributed by atoms with Gasteiger partial charge in [0.15, 0.2) is 5.78 Å². The molecule has 1 aromatic rings. The van der Waals surface area contributed by atoms with Gasteiger partial charge in [0.05, 0.1) is 17.9 Å². The van der Waals surface area contributed by atoms with Gasteiger partial charge in [-0.1, -0.05) is 6.07 Å². The second kappa shape index (κ2) is 5.28. The Kier molecular flexibility index (Phi) is 3.85. The third kappa shape index (κ3) is 3.19. The Morgan fingerprint density at radius 2 is 2.00 bits per heavy atom. The van der Waals surface area contributed by atoms with Gasteiger partial charge in [-0.2, -0.15) is 13.2 Å². The van der Waals surface area contributed by atoms with Gasteiger partial charge in [0.25, 0.3) is 0 Å². The first kappa shape index (κ1) is 14.6. The number of hydrogen-bond donors (Lipinski definition) is 1. The van der Waals surface area contributed by atoms with Crippen LogP contribution in [0, 0.1) is 0 Å². The molecule has 20 heavy (non-hydrogen) atoms. The molecule has 0 saturated heterocycles. The number of anilines is 1. The summed E-state index contributed by atoms with van der Waals surface area (Å²) in [5.41, 5.74) is 0.334. The number of alkyl halides is 3. The van der Waals surface area contributed by atoms with E-state index in [1.807, 2.05) is 0 Å². The van der Waals surface area contributed by atoms with E-state index in [1.54, 1.807) is 0 Å². The van der Waals surface area contributed by atoms with Crippen molar-refractivity contribution in [2.45, 2.75) is 17.5 Å². The number of carbonyl (C=O) groups excluding carboxylic acids is 3. The number of Topliss-reactive ketones (excluding diaryl/α,β-unsaturated/α-hetero) is 2. The quantitative estimate of drug-likeness (QED) is 0.688. The molecule has 1 heterocycles. The Morgan fingerprint density at radius 3 is 2.65 bits per heavy atom. The number of amides is 1. The number of halogens is 3. The van der Waals surface area contributed by atoms with Crippen LogP contribution in [0.1, 0.15) is 16.8 Å². The maximum absolute atomic E-state index is 12.1. The lowest BCUT2D eigenvalue weighted by Gasteiger charge is -2.16. The van der Waals surface area contributed by atoms with Crippen molar-refractivity contribution in [3.8, 4) is 0 Å². The number of fused-ring (bicyclic) bond motifs is 1. The molecule has 1 aromatic carbocycles. The summed E-state index contributed by atoms with van der Waals surface area (Å²) in [5.74, 6) is -3.02. The molecule has 1 aliphatic heterocycles. The Bertz CT molecular complexity index is 598. The minimum Gasteiger partial charge on any atom is -0.324 e. The van der Waals surface area contributed by atoms with Gasteiger partial charge in [-0.25, -0.2) is 0 Å². The standard InChI is InChI=1S/C12H8F3NO3S/c13-12(14,15)10(18)4-8(17)6-1-2-9-7(3-6)16-11(19)5-20-9/h1-3H,4-5H2,(H,16,19). The van der Waals surface area contributed by atoms with Crippen LogP contribution in [-0.4, -0.2) is 29.4 Å². The smallest absolute Gasteiger partial charge is 0.324 e. The average Bonchev–Trinajstić information content (AvgIpc) is 2.36. The van der Waals surface area contributed by atoms with Gasteiger partial charge in [-0.15, -0.1) is 11.8 Å². The number of ketones is 2. The Hall–Kier alpha value is -1.83. The van der Waals surface area contributed by atoms with Crippen LogP contribution >= 0.6 is 11.8 Å². The number of hydrogen-bond acceptors (Lipinski definition) is 4. The molecule has 1 amide bonds. The van der Waals surface area contributed by atoms with Crippen LogP contribution < -0.4 is 5.32 Å². The molecular formula is C12H8F3NO3S. The van der Waals surface area contributed by atoms with Crippen LogP contribution in [0.4, 0.5) is 18.9 Å². The summed E-state index contributed by atoms with van der Waals surface area (Å²) in [4.78, 5) is 34.3. The summed E-state index contributed by atoms with van der Waals surface area (Å²) in [7, 11) is 0. The monoisotopic (exact) mass is 303 g/mol. The molecule has 8 heteroatoms. The van der Waals surface area contributed by atoms with Crippen LogP contribution in [0.15, 0.2) is 23.1 Å². The number of thioether (sulfide) groups is 1. The highest BCUT2D eigenvalue weighted by Gasteiger charge is 2.39. The first-order valence-electron chi connectivity index (χ1n) is 5.47. The molecule has 2 rings (SSSR count). The van der Waals surface area contributed by atoms with Crippen molar-refractivity contribution in [2.75, 3.05) is 11.1 Å². The lowest BCUT2D eigenvalue weighted by atomic mass is 10.0. The van der Waals surface area contributed by atoms with E-state index in [4.69, 9.17) is 0 Å². The van der Waals surface area contributed by atoms with Crippen molar-refractivity contribution in [1.82, 2.24) is 0 Å². The highest BCUT2D eigenvalue weighted by Crippen LogP contribution is 2.32.